The molecule has 0 unspecified atom stereocenters. The van der Waals surface area contributed by atoms with Crippen LogP contribution in [-0.2, 0) is 4.79 Å². The van der Waals surface area contributed by atoms with E-state index in [0.29, 0.717) is 18.3 Å². The Bertz CT molecular complexity index is 441. The summed E-state index contributed by atoms with van der Waals surface area (Å²) in [5.74, 6) is 1.46. The molecule has 1 aliphatic carbocycles. The van der Waals surface area contributed by atoms with Crippen LogP contribution in [0.15, 0.2) is 0 Å². The van der Waals surface area contributed by atoms with Crippen molar-refractivity contribution >= 4 is 22.9 Å². The lowest BCUT2D eigenvalue weighted by Crippen LogP contribution is -2.43. The predicted molar refractivity (Wildman–Crippen MR) is 110 cm³/mol. The van der Waals surface area contributed by atoms with Crippen LogP contribution in [0.2, 0.25) is 0 Å². The number of likely N-dealkylation sites (tertiary alicyclic amines) is 1. The molecule has 5 nitrogen and oxygen atoms in total. The number of urea groups is 1. The van der Waals surface area contributed by atoms with Gasteiger partial charge in [-0.15, -0.1) is 0 Å². The van der Waals surface area contributed by atoms with Gasteiger partial charge in [-0.2, -0.15) is 0 Å². The molecule has 6 heteroatoms. The van der Waals surface area contributed by atoms with Crippen molar-refractivity contribution in [2.24, 2.45) is 5.92 Å². The molecule has 150 valence electrons. The molecular weight excluding hydrogens is 346 g/mol. The molecule has 0 radical (unpaired) electrons. The van der Waals surface area contributed by atoms with Crippen LogP contribution in [0.25, 0.3) is 0 Å². The van der Waals surface area contributed by atoms with E-state index >= 15 is 0 Å². The Hall–Kier alpha value is -0.750. The standard InChI is InChI=1S/C20H37N3O2S/c1-17(24)26-16-15-23(14-11-18-7-4-3-5-8-18)20(25)21-12-10-19-9-6-13-22(19)2/h18-19H,3-16H2,1-2H3,(H,21,25)/t19-/m0/s1. The minimum atomic E-state index is 0.0469. The highest BCUT2D eigenvalue weighted by Crippen LogP contribution is 2.26. The average Bonchev–Trinajstić information content (AvgIpc) is 3.03. The Morgan fingerprint density at radius 1 is 1.08 bits per heavy atom. The molecule has 2 aliphatic rings. The third kappa shape index (κ3) is 7.87. The largest absolute Gasteiger partial charge is 0.338 e. The van der Waals surface area contributed by atoms with Crippen LogP contribution in [0.4, 0.5) is 4.79 Å². The smallest absolute Gasteiger partial charge is 0.317 e. The first-order valence-electron chi connectivity index (χ1n) is 10.4. The summed E-state index contributed by atoms with van der Waals surface area (Å²) in [7, 11) is 2.18. The van der Waals surface area contributed by atoms with E-state index in [0.717, 1.165) is 31.8 Å². The van der Waals surface area contributed by atoms with Crippen LogP contribution < -0.4 is 5.32 Å². The van der Waals surface area contributed by atoms with Gasteiger partial charge in [0.25, 0.3) is 0 Å². The maximum Gasteiger partial charge on any atom is 0.317 e. The SMILES string of the molecule is CC(=O)SCCN(CCC1CCCCC1)C(=O)NCC[C@@H]1CCCN1C. The van der Waals surface area contributed by atoms with E-state index in [-0.39, 0.29) is 11.1 Å². The van der Waals surface area contributed by atoms with E-state index < -0.39 is 0 Å². The molecule has 2 fully saturated rings. The van der Waals surface area contributed by atoms with Gasteiger partial charge in [0.15, 0.2) is 5.12 Å². The number of rotatable bonds is 9. The molecule has 1 heterocycles. The lowest BCUT2D eigenvalue weighted by Gasteiger charge is -2.27. The highest BCUT2D eigenvalue weighted by molar-refractivity contribution is 8.13. The maximum atomic E-state index is 12.7. The van der Waals surface area contributed by atoms with Crippen LogP contribution in [0.1, 0.15) is 64.7 Å². The Morgan fingerprint density at radius 2 is 1.85 bits per heavy atom. The van der Waals surface area contributed by atoms with Crippen molar-refractivity contribution in [2.75, 3.05) is 39.0 Å². The maximum absolute atomic E-state index is 12.7. The van der Waals surface area contributed by atoms with Crippen LogP contribution in [-0.4, -0.2) is 66.0 Å². The molecule has 2 amide bonds. The number of amides is 2. The second-order valence-corrected chi connectivity index (χ2v) is 9.19. The van der Waals surface area contributed by atoms with Gasteiger partial charge in [0.1, 0.15) is 0 Å². The van der Waals surface area contributed by atoms with Crippen molar-refractivity contribution in [3.63, 3.8) is 0 Å². The zero-order chi connectivity index (χ0) is 18.8. The molecule has 1 saturated carbocycles. The van der Waals surface area contributed by atoms with E-state index in [9.17, 15) is 9.59 Å². The van der Waals surface area contributed by atoms with Crippen LogP contribution in [0.5, 0.6) is 0 Å². The minimum absolute atomic E-state index is 0.0469. The first-order valence-corrected chi connectivity index (χ1v) is 11.4. The summed E-state index contributed by atoms with van der Waals surface area (Å²) in [4.78, 5) is 28.2. The third-order valence-electron chi connectivity index (χ3n) is 5.91. The molecule has 0 aromatic heterocycles. The quantitative estimate of drug-likeness (QED) is 0.659. The Labute approximate surface area is 163 Å². The van der Waals surface area contributed by atoms with Crippen molar-refractivity contribution in [3.8, 4) is 0 Å². The van der Waals surface area contributed by atoms with Gasteiger partial charge in [-0.3, -0.25) is 4.79 Å². The van der Waals surface area contributed by atoms with E-state index in [1.54, 1.807) is 6.92 Å². The van der Waals surface area contributed by atoms with Crippen molar-refractivity contribution in [1.82, 2.24) is 15.1 Å². The fourth-order valence-corrected chi connectivity index (χ4v) is 4.83. The third-order valence-corrected chi connectivity index (χ3v) is 6.70. The Balaban J connectivity index is 1.74. The molecular formula is C20H37N3O2S. The molecule has 26 heavy (non-hydrogen) atoms. The lowest BCUT2D eigenvalue weighted by molar-refractivity contribution is -0.109. The zero-order valence-corrected chi connectivity index (χ0v) is 17.5. The normalized spacial score (nSPS) is 21.7. The molecule has 0 aromatic rings. The first kappa shape index (κ1) is 21.5. The molecule has 1 saturated heterocycles. The molecule has 1 N–H and O–H groups in total. The number of nitrogens with one attached hydrogen (secondary N) is 1. The monoisotopic (exact) mass is 383 g/mol. The van der Waals surface area contributed by atoms with Crippen molar-refractivity contribution < 1.29 is 9.59 Å². The first-order chi connectivity index (χ1) is 12.6. The number of hydrogen-bond donors (Lipinski definition) is 1. The number of nitrogens with zero attached hydrogens (tertiary/aromatic N) is 2. The number of carbonyl (C=O) groups is 2. The van der Waals surface area contributed by atoms with Gasteiger partial charge in [0.2, 0.25) is 0 Å². The number of thioether (sulfide) groups is 1. The number of hydrogen-bond acceptors (Lipinski definition) is 4. The second kappa shape index (κ2) is 11.9. The summed E-state index contributed by atoms with van der Waals surface area (Å²) >= 11 is 1.32. The average molecular weight is 384 g/mol. The molecule has 1 aliphatic heterocycles. The summed E-state index contributed by atoms with van der Waals surface area (Å²) in [6.45, 7) is 4.99. The van der Waals surface area contributed by atoms with Crippen LogP contribution >= 0.6 is 11.8 Å². The number of carbonyl (C=O) groups excluding carboxylic acids is 2. The van der Waals surface area contributed by atoms with E-state index in [2.05, 4.69) is 17.3 Å². The van der Waals surface area contributed by atoms with Gasteiger partial charge in [-0.05, 0) is 45.2 Å². The predicted octanol–water partition coefficient (Wildman–Crippen LogP) is 3.73. The van der Waals surface area contributed by atoms with Gasteiger partial charge in [0.05, 0.1) is 0 Å². The van der Waals surface area contributed by atoms with Gasteiger partial charge in [-0.1, -0.05) is 43.9 Å². The summed E-state index contributed by atoms with van der Waals surface area (Å²) in [6, 6.07) is 0.657. The molecule has 0 aromatic carbocycles. The summed E-state index contributed by atoms with van der Waals surface area (Å²) in [5, 5.41) is 3.25. The molecule has 0 bridgehead atoms. The molecule has 0 spiro atoms. The van der Waals surface area contributed by atoms with E-state index in [1.165, 1.54) is 63.3 Å². The molecule has 1 atom stereocenters. The highest BCUT2D eigenvalue weighted by Gasteiger charge is 2.22. The van der Waals surface area contributed by atoms with Gasteiger partial charge in [0, 0.05) is 38.4 Å². The molecule has 2 rings (SSSR count). The highest BCUT2D eigenvalue weighted by atomic mass is 32.2. The summed E-state index contributed by atoms with van der Waals surface area (Å²) < 4.78 is 0. The fourth-order valence-electron chi connectivity index (χ4n) is 4.23. The van der Waals surface area contributed by atoms with Crippen molar-refractivity contribution in [2.45, 2.75) is 70.8 Å². The topological polar surface area (TPSA) is 52.7 Å². The van der Waals surface area contributed by atoms with E-state index in [1.807, 2.05) is 4.90 Å². The van der Waals surface area contributed by atoms with Crippen LogP contribution in [0.3, 0.4) is 0 Å². The fraction of sp³-hybridized carbons (Fsp3) is 0.900. The lowest BCUT2D eigenvalue weighted by atomic mass is 9.87. The van der Waals surface area contributed by atoms with Crippen molar-refractivity contribution in [3.05, 3.63) is 0 Å². The van der Waals surface area contributed by atoms with Gasteiger partial charge >= 0.3 is 6.03 Å². The Morgan fingerprint density at radius 3 is 2.50 bits per heavy atom. The van der Waals surface area contributed by atoms with Crippen LogP contribution in [0, 0.1) is 5.92 Å². The van der Waals surface area contributed by atoms with Gasteiger partial charge < -0.3 is 15.1 Å². The van der Waals surface area contributed by atoms with Crippen molar-refractivity contribution in [1.29, 1.82) is 0 Å². The van der Waals surface area contributed by atoms with Gasteiger partial charge in [-0.25, -0.2) is 4.79 Å². The zero-order valence-electron chi connectivity index (χ0n) is 16.7. The second-order valence-electron chi connectivity index (χ2n) is 7.92. The summed E-state index contributed by atoms with van der Waals surface area (Å²) in [5.41, 5.74) is 0. The minimum Gasteiger partial charge on any atom is -0.338 e. The summed E-state index contributed by atoms with van der Waals surface area (Å²) in [6.07, 6.45) is 11.3. The van der Waals surface area contributed by atoms with E-state index in [4.69, 9.17) is 0 Å². The Kier molecular flexibility index (Phi) is 9.83.